The minimum Gasteiger partial charge on any atom is -0.493 e. The second kappa shape index (κ2) is 11.0. The van der Waals surface area contributed by atoms with E-state index in [0.717, 1.165) is 47.4 Å². The summed E-state index contributed by atoms with van der Waals surface area (Å²) in [7, 11) is 0. The van der Waals surface area contributed by atoms with Crippen molar-refractivity contribution in [3.63, 3.8) is 0 Å². The van der Waals surface area contributed by atoms with E-state index in [1.165, 1.54) is 12.1 Å². The van der Waals surface area contributed by atoms with E-state index in [9.17, 15) is 18.0 Å². The van der Waals surface area contributed by atoms with Crippen LogP contribution in [0.1, 0.15) is 54.3 Å². The summed E-state index contributed by atoms with van der Waals surface area (Å²) in [5, 5.41) is 0. The molecule has 3 aromatic rings. The van der Waals surface area contributed by atoms with Gasteiger partial charge in [-0.25, -0.2) is 4.98 Å². The summed E-state index contributed by atoms with van der Waals surface area (Å²) >= 11 is 0. The molecule has 0 atom stereocenters. The number of nitrogens with zero attached hydrogens (tertiary/aromatic N) is 1. The van der Waals surface area contributed by atoms with Gasteiger partial charge in [0.2, 0.25) is 5.89 Å². The maximum atomic E-state index is 12.8. The molecule has 0 amide bonds. The molecule has 0 spiro atoms. The number of fused-ring (bicyclic) bond motifs is 1. The number of ether oxygens (including phenoxy) is 2. The highest BCUT2D eigenvalue weighted by atomic mass is 19.4. The quantitative estimate of drug-likeness (QED) is 0.298. The highest BCUT2D eigenvalue weighted by molar-refractivity contribution is 5.77. The number of hydrogen-bond donors (Lipinski definition) is 0. The van der Waals surface area contributed by atoms with Gasteiger partial charge in [0.25, 0.3) is 0 Å². The van der Waals surface area contributed by atoms with Crippen LogP contribution in [0.25, 0.3) is 17.0 Å². The summed E-state index contributed by atoms with van der Waals surface area (Å²) in [6.07, 6.45) is 0.983. The van der Waals surface area contributed by atoms with Gasteiger partial charge in [0, 0.05) is 24.0 Å². The topological polar surface area (TPSA) is 61.6 Å². The van der Waals surface area contributed by atoms with Crippen molar-refractivity contribution >= 4 is 11.5 Å². The van der Waals surface area contributed by atoms with E-state index < -0.39 is 11.7 Å². The van der Waals surface area contributed by atoms with Crippen molar-refractivity contribution in [2.45, 2.75) is 52.1 Å². The van der Waals surface area contributed by atoms with Gasteiger partial charge in [0.05, 0.1) is 24.5 Å². The minimum atomic E-state index is -4.39. The second-order valence-electron chi connectivity index (χ2n) is 8.55. The Morgan fingerprint density at radius 1 is 1.11 bits per heavy atom. The van der Waals surface area contributed by atoms with Gasteiger partial charge >= 0.3 is 12.1 Å². The lowest BCUT2D eigenvalue weighted by molar-refractivity contribution is -0.143. The molecule has 2 aromatic carbocycles. The summed E-state index contributed by atoms with van der Waals surface area (Å²) in [6.45, 7) is 4.33. The Bertz CT molecular complexity index is 1240. The Labute approximate surface area is 207 Å². The number of aromatic nitrogens is 1. The first kappa shape index (κ1) is 25.5. The highest BCUT2D eigenvalue weighted by Crippen LogP contribution is 2.35. The SMILES string of the molecule is CCOC(=O)CCC1=CCCc2c(OCCc3nc(-c4ccc(C(F)(F)F)cc4)oc3C)cccc21. The number of alkyl halides is 3. The maximum absolute atomic E-state index is 12.8. The molecule has 0 unspecified atom stereocenters. The number of rotatable bonds is 9. The molecule has 0 N–H and O–H groups in total. The molecule has 1 aliphatic carbocycles. The third-order valence-corrected chi connectivity index (χ3v) is 6.12. The smallest absolute Gasteiger partial charge is 0.416 e. The lowest BCUT2D eigenvalue weighted by Crippen LogP contribution is -2.09. The molecule has 36 heavy (non-hydrogen) atoms. The van der Waals surface area contributed by atoms with Crippen LogP contribution in [-0.2, 0) is 28.5 Å². The highest BCUT2D eigenvalue weighted by Gasteiger charge is 2.30. The molecule has 0 radical (unpaired) electrons. The summed E-state index contributed by atoms with van der Waals surface area (Å²) in [6, 6.07) is 10.7. The van der Waals surface area contributed by atoms with Crippen molar-refractivity contribution in [2.24, 2.45) is 0 Å². The van der Waals surface area contributed by atoms with E-state index in [1.807, 2.05) is 12.1 Å². The molecule has 0 saturated carbocycles. The molecular formula is C28H28F3NO4. The summed E-state index contributed by atoms with van der Waals surface area (Å²) in [5.41, 5.74) is 3.82. The molecule has 0 saturated heterocycles. The fourth-order valence-electron chi connectivity index (χ4n) is 4.31. The van der Waals surface area contributed by atoms with Crippen molar-refractivity contribution in [1.82, 2.24) is 4.98 Å². The van der Waals surface area contributed by atoms with Crippen LogP contribution in [0.2, 0.25) is 0 Å². The number of halogens is 3. The predicted molar refractivity (Wildman–Crippen MR) is 129 cm³/mol. The average Bonchev–Trinajstić information content (AvgIpc) is 3.23. The molecule has 1 aromatic heterocycles. The van der Waals surface area contributed by atoms with Crippen molar-refractivity contribution in [1.29, 1.82) is 0 Å². The fourth-order valence-corrected chi connectivity index (χ4v) is 4.31. The van der Waals surface area contributed by atoms with E-state index in [-0.39, 0.29) is 11.9 Å². The van der Waals surface area contributed by atoms with E-state index in [2.05, 4.69) is 17.1 Å². The number of hydrogen-bond acceptors (Lipinski definition) is 5. The molecule has 0 bridgehead atoms. The van der Waals surface area contributed by atoms with Gasteiger partial charge in [0.1, 0.15) is 11.5 Å². The van der Waals surface area contributed by atoms with Gasteiger partial charge in [0.15, 0.2) is 0 Å². The zero-order valence-corrected chi connectivity index (χ0v) is 20.3. The summed E-state index contributed by atoms with van der Waals surface area (Å²) in [5.74, 6) is 1.49. The Hall–Kier alpha value is -3.55. The van der Waals surface area contributed by atoms with Crippen LogP contribution in [-0.4, -0.2) is 24.2 Å². The average molecular weight is 500 g/mol. The predicted octanol–water partition coefficient (Wildman–Crippen LogP) is 6.96. The first-order valence-corrected chi connectivity index (χ1v) is 12.0. The van der Waals surface area contributed by atoms with Gasteiger partial charge in [-0.05, 0) is 74.6 Å². The van der Waals surface area contributed by atoms with Crippen molar-refractivity contribution in [3.8, 4) is 17.2 Å². The van der Waals surface area contributed by atoms with Gasteiger partial charge in [-0.15, -0.1) is 0 Å². The molecular weight excluding hydrogens is 471 g/mol. The van der Waals surface area contributed by atoms with Gasteiger partial charge < -0.3 is 13.9 Å². The molecule has 1 aliphatic rings. The first-order chi connectivity index (χ1) is 17.3. The number of aryl methyl sites for hydroxylation is 1. The van der Waals surface area contributed by atoms with Gasteiger partial charge in [-0.2, -0.15) is 13.2 Å². The molecule has 0 fully saturated rings. The molecule has 5 nitrogen and oxygen atoms in total. The van der Waals surface area contributed by atoms with Crippen LogP contribution in [0.15, 0.2) is 53.0 Å². The molecule has 8 heteroatoms. The summed E-state index contributed by atoms with van der Waals surface area (Å²) < 4.78 is 55.3. The number of allylic oxidation sites excluding steroid dienone is 2. The van der Waals surface area contributed by atoms with E-state index in [0.29, 0.717) is 49.5 Å². The normalized spacial score (nSPS) is 13.2. The third kappa shape index (κ3) is 5.98. The minimum absolute atomic E-state index is 0.198. The fraction of sp³-hybridized carbons (Fsp3) is 0.357. The number of carbonyl (C=O) groups is 1. The molecule has 190 valence electrons. The zero-order chi connectivity index (χ0) is 25.7. The Morgan fingerprint density at radius 2 is 1.89 bits per heavy atom. The van der Waals surface area contributed by atoms with E-state index in [4.69, 9.17) is 13.9 Å². The van der Waals surface area contributed by atoms with Crippen LogP contribution < -0.4 is 4.74 Å². The molecule has 1 heterocycles. The number of esters is 1. The standard InChI is InChI=1S/C28H28F3NO4/c1-3-34-26(33)15-12-19-6-4-8-23-22(19)7-5-9-25(23)35-17-16-24-18(2)36-27(32-24)20-10-13-21(14-11-20)28(29,30)31/h5-7,9-11,13-14H,3-4,8,12,15-17H2,1-2H3. The monoisotopic (exact) mass is 499 g/mol. The summed E-state index contributed by atoms with van der Waals surface area (Å²) in [4.78, 5) is 16.3. The lowest BCUT2D eigenvalue weighted by Gasteiger charge is -2.21. The van der Waals surface area contributed by atoms with E-state index >= 15 is 0 Å². The van der Waals surface area contributed by atoms with Crippen molar-refractivity contribution in [2.75, 3.05) is 13.2 Å². The van der Waals surface area contributed by atoms with Crippen LogP contribution in [0.5, 0.6) is 5.75 Å². The van der Waals surface area contributed by atoms with Crippen LogP contribution in [0, 0.1) is 6.92 Å². The first-order valence-electron chi connectivity index (χ1n) is 12.0. The third-order valence-electron chi connectivity index (χ3n) is 6.12. The number of benzene rings is 2. The van der Waals surface area contributed by atoms with Crippen LogP contribution in [0.4, 0.5) is 13.2 Å². The number of oxazole rings is 1. The van der Waals surface area contributed by atoms with Crippen molar-refractivity contribution in [3.05, 3.63) is 76.7 Å². The molecule has 0 aliphatic heterocycles. The van der Waals surface area contributed by atoms with Gasteiger partial charge in [-0.1, -0.05) is 18.2 Å². The second-order valence-corrected chi connectivity index (χ2v) is 8.55. The maximum Gasteiger partial charge on any atom is 0.416 e. The van der Waals surface area contributed by atoms with Crippen LogP contribution in [0.3, 0.4) is 0 Å². The lowest BCUT2D eigenvalue weighted by atomic mass is 9.88. The van der Waals surface area contributed by atoms with Gasteiger partial charge in [-0.3, -0.25) is 4.79 Å². The zero-order valence-electron chi connectivity index (χ0n) is 20.3. The number of carbonyl (C=O) groups excluding carboxylic acids is 1. The van der Waals surface area contributed by atoms with E-state index in [1.54, 1.807) is 13.8 Å². The van der Waals surface area contributed by atoms with Crippen molar-refractivity contribution < 1.29 is 31.9 Å². The Morgan fingerprint density at radius 3 is 2.61 bits per heavy atom. The Balaban J connectivity index is 1.40. The van der Waals surface area contributed by atoms with Crippen LogP contribution >= 0.6 is 0 Å². The largest absolute Gasteiger partial charge is 0.493 e. The molecule has 4 rings (SSSR count). The Kier molecular flexibility index (Phi) is 7.82.